The summed E-state index contributed by atoms with van der Waals surface area (Å²) in [6.45, 7) is 0. The van der Waals surface area contributed by atoms with Crippen LogP contribution in [0.3, 0.4) is 0 Å². The van der Waals surface area contributed by atoms with E-state index < -0.39 is 5.91 Å². The van der Waals surface area contributed by atoms with Crippen molar-refractivity contribution < 1.29 is 9.18 Å². The van der Waals surface area contributed by atoms with Crippen molar-refractivity contribution in [2.75, 3.05) is 0 Å². The first kappa shape index (κ1) is 11.7. The maximum absolute atomic E-state index is 12.8. The number of carbonyl (C=O) groups excluding carboxylic acids is 1. The number of hydrogen-bond acceptors (Lipinski definition) is 3. The summed E-state index contributed by atoms with van der Waals surface area (Å²) in [5.74, 6) is -0.813. The highest BCUT2D eigenvalue weighted by Gasteiger charge is 2.05. The molecule has 19 heavy (non-hydrogen) atoms. The Bertz CT molecular complexity index is 768. The highest BCUT2D eigenvalue weighted by atomic mass is 32.1. The van der Waals surface area contributed by atoms with Crippen molar-refractivity contribution in [3.05, 3.63) is 64.8 Å². The second-order valence-corrected chi connectivity index (χ2v) is 4.74. The molecule has 0 aliphatic rings. The first-order valence-corrected chi connectivity index (χ1v) is 6.29. The van der Waals surface area contributed by atoms with Crippen LogP contribution in [0.5, 0.6) is 0 Å². The molecular formula is C13H8FN3OS. The molecule has 0 aliphatic heterocycles. The maximum atomic E-state index is 12.8. The molecule has 2 heterocycles. The van der Waals surface area contributed by atoms with Gasteiger partial charge in [0, 0.05) is 11.8 Å². The Morgan fingerprint density at radius 1 is 1.21 bits per heavy atom. The lowest BCUT2D eigenvalue weighted by Gasteiger charge is -1.92. The molecule has 4 nitrogen and oxygen atoms in total. The maximum Gasteiger partial charge on any atom is 0.279 e. The number of benzene rings is 1. The number of hydrogen-bond donors (Lipinski definition) is 0. The SMILES string of the molecule is O=C(N=c1nc2ccccn2s1)c1ccc(F)cc1. The van der Waals surface area contributed by atoms with Crippen molar-refractivity contribution in [1.82, 2.24) is 8.77 Å². The van der Waals surface area contributed by atoms with Crippen molar-refractivity contribution in [2.45, 2.75) is 0 Å². The molecule has 0 spiro atoms. The van der Waals surface area contributed by atoms with E-state index in [1.54, 1.807) is 0 Å². The summed E-state index contributed by atoms with van der Waals surface area (Å²) in [6, 6.07) is 10.8. The second-order valence-electron chi connectivity index (χ2n) is 3.79. The van der Waals surface area contributed by atoms with E-state index in [1.807, 2.05) is 28.2 Å². The summed E-state index contributed by atoms with van der Waals surface area (Å²) in [5.41, 5.74) is 1.07. The Labute approximate surface area is 111 Å². The molecule has 2 aromatic heterocycles. The molecule has 0 fully saturated rings. The lowest BCUT2D eigenvalue weighted by atomic mass is 10.2. The fourth-order valence-electron chi connectivity index (χ4n) is 1.58. The van der Waals surface area contributed by atoms with E-state index in [9.17, 15) is 9.18 Å². The molecule has 3 rings (SSSR count). The number of rotatable bonds is 1. The largest absolute Gasteiger partial charge is 0.279 e. The smallest absolute Gasteiger partial charge is 0.267 e. The minimum atomic E-state index is -0.431. The van der Waals surface area contributed by atoms with Crippen molar-refractivity contribution in [1.29, 1.82) is 0 Å². The molecular weight excluding hydrogens is 265 g/mol. The third kappa shape index (κ3) is 2.43. The zero-order valence-corrected chi connectivity index (χ0v) is 10.5. The Balaban J connectivity index is 2.00. The van der Waals surface area contributed by atoms with Crippen molar-refractivity contribution in [3.63, 3.8) is 0 Å². The Morgan fingerprint density at radius 2 is 2.00 bits per heavy atom. The highest BCUT2D eigenvalue weighted by Crippen LogP contribution is 2.04. The molecule has 0 unspecified atom stereocenters. The normalized spacial score (nSPS) is 11.9. The van der Waals surface area contributed by atoms with Gasteiger partial charge < -0.3 is 0 Å². The molecule has 0 bridgehead atoms. The minimum absolute atomic E-state index is 0.339. The van der Waals surface area contributed by atoms with Gasteiger partial charge in [-0.3, -0.25) is 8.58 Å². The summed E-state index contributed by atoms with van der Waals surface area (Å²) in [4.78, 5) is 20.4. The number of nitrogens with zero attached hydrogens (tertiary/aromatic N) is 3. The lowest BCUT2D eigenvalue weighted by molar-refractivity contribution is 0.0998. The van der Waals surface area contributed by atoms with Crippen LogP contribution in [-0.4, -0.2) is 14.7 Å². The summed E-state index contributed by atoms with van der Waals surface area (Å²) >= 11 is 1.27. The first-order chi connectivity index (χ1) is 9.22. The molecule has 0 radical (unpaired) electrons. The minimum Gasteiger partial charge on any atom is -0.267 e. The topological polar surface area (TPSA) is 46.7 Å². The summed E-state index contributed by atoms with van der Waals surface area (Å²) < 4.78 is 14.6. The standard InChI is InChI=1S/C13H8FN3OS/c14-10-6-4-9(5-7-10)12(18)16-13-15-11-3-1-2-8-17(11)19-13/h1-8H. The van der Waals surface area contributed by atoms with Gasteiger partial charge in [-0.15, -0.1) is 0 Å². The van der Waals surface area contributed by atoms with Crippen LogP contribution in [0.2, 0.25) is 0 Å². The van der Waals surface area contributed by atoms with Crippen molar-refractivity contribution in [2.24, 2.45) is 4.99 Å². The zero-order chi connectivity index (χ0) is 13.2. The predicted octanol–water partition coefficient (Wildman–Crippen LogP) is 2.28. The van der Waals surface area contributed by atoms with Gasteiger partial charge >= 0.3 is 0 Å². The van der Waals surface area contributed by atoms with E-state index in [0.717, 1.165) is 5.65 Å². The third-order valence-corrected chi connectivity index (χ3v) is 3.33. The van der Waals surface area contributed by atoms with Crippen LogP contribution in [0.4, 0.5) is 4.39 Å². The fourth-order valence-corrected chi connectivity index (χ4v) is 2.34. The average Bonchev–Trinajstić information content (AvgIpc) is 2.81. The van der Waals surface area contributed by atoms with Gasteiger partial charge in [-0.2, -0.15) is 9.98 Å². The Morgan fingerprint density at radius 3 is 2.74 bits per heavy atom. The van der Waals surface area contributed by atoms with Crippen LogP contribution >= 0.6 is 11.5 Å². The molecule has 3 aromatic rings. The fraction of sp³-hybridized carbons (Fsp3) is 0. The van der Waals surface area contributed by atoms with Gasteiger partial charge in [0.2, 0.25) is 4.80 Å². The molecule has 0 saturated heterocycles. The average molecular weight is 273 g/mol. The van der Waals surface area contributed by atoms with Gasteiger partial charge in [0.25, 0.3) is 5.91 Å². The molecule has 1 amide bonds. The van der Waals surface area contributed by atoms with Crippen LogP contribution in [-0.2, 0) is 0 Å². The number of amides is 1. The van der Waals surface area contributed by atoms with Crippen LogP contribution < -0.4 is 4.80 Å². The number of pyridine rings is 1. The summed E-state index contributed by atoms with van der Waals surface area (Å²) in [6.07, 6.45) is 1.84. The molecule has 0 saturated carbocycles. The van der Waals surface area contributed by atoms with Crippen LogP contribution in [0, 0.1) is 5.82 Å². The van der Waals surface area contributed by atoms with Gasteiger partial charge in [-0.05, 0) is 47.9 Å². The van der Waals surface area contributed by atoms with E-state index in [2.05, 4.69) is 9.98 Å². The van der Waals surface area contributed by atoms with Crippen LogP contribution in [0.25, 0.3) is 5.65 Å². The van der Waals surface area contributed by atoms with Gasteiger partial charge in [0.15, 0.2) is 0 Å². The molecule has 94 valence electrons. The Kier molecular flexibility index (Phi) is 2.92. The van der Waals surface area contributed by atoms with Gasteiger partial charge in [-0.1, -0.05) is 6.07 Å². The summed E-state index contributed by atoms with van der Waals surface area (Å²) in [5, 5.41) is 0. The first-order valence-electron chi connectivity index (χ1n) is 5.52. The van der Waals surface area contributed by atoms with E-state index >= 15 is 0 Å². The number of fused-ring (bicyclic) bond motifs is 1. The van der Waals surface area contributed by atoms with Crippen LogP contribution in [0.1, 0.15) is 10.4 Å². The number of carbonyl (C=O) groups is 1. The van der Waals surface area contributed by atoms with Crippen LogP contribution in [0.15, 0.2) is 53.7 Å². The van der Waals surface area contributed by atoms with Gasteiger partial charge in [0.05, 0.1) is 0 Å². The second kappa shape index (κ2) is 4.74. The van der Waals surface area contributed by atoms with E-state index in [-0.39, 0.29) is 5.82 Å². The highest BCUT2D eigenvalue weighted by molar-refractivity contribution is 7.03. The van der Waals surface area contributed by atoms with E-state index in [1.165, 1.54) is 35.8 Å². The quantitative estimate of drug-likeness (QED) is 0.683. The molecule has 6 heteroatoms. The van der Waals surface area contributed by atoms with Gasteiger partial charge in [-0.25, -0.2) is 4.39 Å². The third-order valence-electron chi connectivity index (χ3n) is 2.48. The molecule has 0 N–H and O–H groups in total. The lowest BCUT2D eigenvalue weighted by Crippen LogP contribution is -2.04. The van der Waals surface area contributed by atoms with Gasteiger partial charge in [0.1, 0.15) is 11.5 Å². The Hall–Kier alpha value is -2.34. The number of halogens is 1. The predicted molar refractivity (Wildman–Crippen MR) is 69.4 cm³/mol. The summed E-state index contributed by atoms with van der Waals surface area (Å²) in [7, 11) is 0. The molecule has 0 aliphatic carbocycles. The van der Waals surface area contributed by atoms with Crippen molar-refractivity contribution >= 4 is 23.1 Å². The molecule has 1 aromatic carbocycles. The monoisotopic (exact) mass is 273 g/mol. The van der Waals surface area contributed by atoms with E-state index in [4.69, 9.17) is 0 Å². The van der Waals surface area contributed by atoms with Crippen molar-refractivity contribution in [3.8, 4) is 0 Å². The van der Waals surface area contributed by atoms with E-state index in [0.29, 0.717) is 10.4 Å². The molecule has 0 atom stereocenters. The number of aromatic nitrogens is 2. The zero-order valence-electron chi connectivity index (χ0n) is 9.65.